The number of halogens is 1. The number of fused-ring (bicyclic) bond motifs is 2. The van der Waals surface area contributed by atoms with E-state index >= 15 is 0 Å². The molecule has 172 valence electrons. The van der Waals surface area contributed by atoms with E-state index in [-0.39, 0.29) is 24.8 Å². The van der Waals surface area contributed by atoms with Crippen LogP contribution in [0.1, 0.15) is 21.5 Å². The first-order valence-electron chi connectivity index (χ1n) is 10.7. The molecule has 0 unspecified atom stereocenters. The van der Waals surface area contributed by atoms with Crippen LogP contribution >= 0.6 is 23.8 Å². The first kappa shape index (κ1) is 22.2. The van der Waals surface area contributed by atoms with Gasteiger partial charge in [0.15, 0.2) is 16.3 Å². The Kier molecular flexibility index (Phi) is 6.08. The summed E-state index contributed by atoms with van der Waals surface area (Å²) < 4.78 is 12.5. The summed E-state index contributed by atoms with van der Waals surface area (Å²) in [6, 6.07) is 18.0. The van der Waals surface area contributed by atoms with E-state index in [1.54, 1.807) is 24.3 Å². The Morgan fingerprint density at radius 2 is 1.82 bits per heavy atom. The maximum atomic E-state index is 13.1. The van der Waals surface area contributed by atoms with Crippen LogP contribution in [0.5, 0.6) is 11.5 Å². The Balaban J connectivity index is 1.29. The van der Waals surface area contributed by atoms with Crippen LogP contribution in [-0.4, -0.2) is 28.8 Å². The van der Waals surface area contributed by atoms with Crippen LogP contribution in [0.3, 0.4) is 0 Å². The number of hydrogen-bond acceptors (Lipinski definition) is 5. The summed E-state index contributed by atoms with van der Waals surface area (Å²) in [7, 11) is 0. The van der Waals surface area contributed by atoms with Gasteiger partial charge in [0.05, 0.1) is 17.4 Å². The zero-order chi connectivity index (χ0) is 23.7. The van der Waals surface area contributed by atoms with E-state index < -0.39 is 0 Å². The van der Waals surface area contributed by atoms with Crippen molar-refractivity contribution < 1.29 is 14.3 Å². The second-order valence-corrected chi connectivity index (χ2v) is 8.66. The molecular formula is C25H20ClN3O4S. The maximum absolute atomic E-state index is 13.1. The van der Waals surface area contributed by atoms with E-state index in [0.717, 1.165) is 11.1 Å². The molecule has 0 radical (unpaired) electrons. The number of benzene rings is 3. The number of aromatic nitrogens is 2. The number of H-pyrrole nitrogens is 1. The maximum Gasteiger partial charge on any atom is 0.262 e. The molecule has 5 rings (SSSR count). The smallest absolute Gasteiger partial charge is 0.262 e. The standard InChI is InChI=1S/C25H20ClN3O4S/c26-19-4-2-1-3-16(19)9-10-27-23(30)17-7-5-15(6-8-17)13-29-24(31)18-11-21-22(33-14-32-21)12-20(18)28-25(29)34/h1-8,11-12H,9-10,13-14H2,(H,27,30)(H,28,34). The predicted octanol–water partition coefficient (Wildman–Crippen LogP) is 4.46. The zero-order valence-corrected chi connectivity index (χ0v) is 19.5. The van der Waals surface area contributed by atoms with Crippen LogP contribution < -0.4 is 20.3 Å². The molecule has 2 N–H and O–H groups in total. The van der Waals surface area contributed by atoms with Gasteiger partial charge in [0.25, 0.3) is 11.5 Å². The SMILES string of the molecule is O=C(NCCc1ccccc1Cl)c1ccc(Cn2c(=S)[nH]c3cc4c(cc3c2=O)OCO4)cc1. The number of ether oxygens (including phenoxy) is 2. The van der Waals surface area contributed by atoms with Gasteiger partial charge in [0.1, 0.15) is 0 Å². The van der Waals surface area contributed by atoms with Crippen molar-refractivity contribution in [3.8, 4) is 11.5 Å². The van der Waals surface area contributed by atoms with Crippen LogP contribution in [0.25, 0.3) is 10.9 Å². The van der Waals surface area contributed by atoms with Crippen molar-refractivity contribution in [2.24, 2.45) is 0 Å². The van der Waals surface area contributed by atoms with Gasteiger partial charge >= 0.3 is 0 Å². The second kappa shape index (κ2) is 9.32. The molecule has 0 fully saturated rings. The fraction of sp³-hybridized carbons (Fsp3) is 0.160. The van der Waals surface area contributed by atoms with Gasteiger partial charge in [-0.3, -0.25) is 14.2 Å². The largest absolute Gasteiger partial charge is 0.454 e. The van der Waals surface area contributed by atoms with E-state index in [0.29, 0.717) is 50.7 Å². The minimum atomic E-state index is -0.224. The lowest BCUT2D eigenvalue weighted by Crippen LogP contribution is -2.26. The van der Waals surface area contributed by atoms with Crippen molar-refractivity contribution in [2.75, 3.05) is 13.3 Å². The van der Waals surface area contributed by atoms with Crippen molar-refractivity contribution in [3.05, 3.63) is 97.5 Å². The summed E-state index contributed by atoms with van der Waals surface area (Å²) in [6.45, 7) is 0.873. The van der Waals surface area contributed by atoms with Crippen molar-refractivity contribution >= 4 is 40.6 Å². The first-order chi connectivity index (χ1) is 16.5. The summed E-state index contributed by atoms with van der Waals surface area (Å²) >= 11 is 11.6. The molecule has 0 bridgehead atoms. The summed E-state index contributed by atoms with van der Waals surface area (Å²) in [6.07, 6.45) is 0.646. The number of nitrogens with one attached hydrogen (secondary N) is 2. The Hall–Kier alpha value is -3.62. The predicted molar refractivity (Wildman–Crippen MR) is 133 cm³/mol. The normalized spacial score (nSPS) is 12.1. The Labute approximate surface area is 204 Å². The van der Waals surface area contributed by atoms with Gasteiger partial charge in [-0.1, -0.05) is 41.9 Å². The van der Waals surface area contributed by atoms with E-state index in [1.807, 2.05) is 36.4 Å². The van der Waals surface area contributed by atoms with Crippen molar-refractivity contribution in [3.63, 3.8) is 0 Å². The van der Waals surface area contributed by atoms with E-state index in [4.69, 9.17) is 33.3 Å². The first-order valence-corrected chi connectivity index (χ1v) is 11.5. The molecular weight excluding hydrogens is 474 g/mol. The van der Waals surface area contributed by atoms with Gasteiger partial charge in [-0.05, 0) is 54.0 Å². The number of nitrogens with zero attached hydrogens (tertiary/aromatic N) is 1. The van der Waals surface area contributed by atoms with Crippen molar-refractivity contribution in [2.45, 2.75) is 13.0 Å². The van der Waals surface area contributed by atoms with Crippen LogP contribution in [0, 0.1) is 4.77 Å². The summed E-state index contributed by atoms with van der Waals surface area (Å²) in [5.74, 6) is 0.942. The van der Waals surface area contributed by atoms with Crippen LogP contribution in [0.2, 0.25) is 5.02 Å². The summed E-state index contributed by atoms with van der Waals surface area (Å²) in [4.78, 5) is 28.7. The molecule has 1 amide bonds. The molecule has 2 heterocycles. The molecule has 4 aromatic rings. The van der Waals surface area contributed by atoms with Crippen LogP contribution in [0.4, 0.5) is 0 Å². The molecule has 34 heavy (non-hydrogen) atoms. The van der Waals surface area contributed by atoms with E-state index in [9.17, 15) is 9.59 Å². The third-order valence-corrected chi connectivity index (χ3v) is 6.36. The molecule has 7 nitrogen and oxygen atoms in total. The highest BCUT2D eigenvalue weighted by Crippen LogP contribution is 2.34. The molecule has 0 spiro atoms. The minimum absolute atomic E-state index is 0.126. The van der Waals surface area contributed by atoms with E-state index in [2.05, 4.69) is 10.3 Å². The molecule has 1 aliphatic rings. The fourth-order valence-corrected chi connectivity index (χ4v) is 4.33. The Morgan fingerprint density at radius 3 is 2.59 bits per heavy atom. The molecule has 0 aliphatic carbocycles. The number of amides is 1. The number of carbonyl (C=O) groups excluding carboxylic acids is 1. The quantitative estimate of drug-likeness (QED) is 0.387. The molecule has 1 aromatic heterocycles. The van der Waals surface area contributed by atoms with E-state index in [1.165, 1.54) is 4.57 Å². The number of rotatable bonds is 6. The molecule has 0 atom stereocenters. The molecule has 0 saturated carbocycles. The topological polar surface area (TPSA) is 85.4 Å². The lowest BCUT2D eigenvalue weighted by Gasteiger charge is -2.10. The second-order valence-electron chi connectivity index (χ2n) is 7.87. The fourth-order valence-electron chi connectivity index (χ4n) is 3.84. The van der Waals surface area contributed by atoms with Crippen molar-refractivity contribution in [1.82, 2.24) is 14.9 Å². The average molecular weight is 494 g/mol. The summed E-state index contributed by atoms with van der Waals surface area (Å²) in [5.41, 5.74) is 2.74. The van der Waals surface area contributed by atoms with Gasteiger partial charge < -0.3 is 19.8 Å². The average Bonchev–Trinajstić information content (AvgIpc) is 3.30. The van der Waals surface area contributed by atoms with Crippen LogP contribution in [-0.2, 0) is 13.0 Å². The highest BCUT2D eigenvalue weighted by atomic mass is 35.5. The third kappa shape index (κ3) is 4.42. The lowest BCUT2D eigenvalue weighted by molar-refractivity contribution is 0.0954. The van der Waals surface area contributed by atoms with Gasteiger partial charge in [-0.15, -0.1) is 0 Å². The summed E-state index contributed by atoms with van der Waals surface area (Å²) in [5, 5.41) is 4.06. The van der Waals surface area contributed by atoms with Gasteiger partial charge in [-0.2, -0.15) is 0 Å². The number of aromatic amines is 1. The zero-order valence-electron chi connectivity index (χ0n) is 18.0. The van der Waals surface area contributed by atoms with Crippen molar-refractivity contribution in [1.29, 1.82) is 0 Å². The third-order valence-electron chi connectivity index (χ3n) is 5.67. The molecule has 1 aliphatic heterocycles. The van der Waals surface area contributed by atoms with Gasteiger partial charge in [0.2, 0.25) is 6.79 Å². The minimum Gasteiger partial charge on any atom is -0.454 e. The molecule has 9 heteroatoms. The monoisotopic (exact) mass is 493 g/mol. The van der Waals surface area contributed by atoms with Crippen LogP contribution in [0.15, 0.2) is 65.5 Å². The molecule has 3 aromatic carbocycles. The lowest BCUT2D eigenvalue weighted by atomic mass is 10.1. The van der Waals surface area contributed by atoms with Gasteiger partial charge in [-0.25, -0.2) is 0 Å². The molecule has 0 saturated heterocycles. The Bertz CT molecular complexity index is 1510. The van der Waals surface area contributed by atoms with Gasteiger partial charge in [0, 0.05) is 23.2 Å². The highest BCUT2D eigenvalue weighted by molar-refractivity contribution is 7.71. The highest BCUT2D eigenvalue weighted by Gasteiger charge is 2.17. The number of hydrogen-bond donors (Lipinski definition) is 2. The Morgan fingerprint density at radius 1 is 1.09 bits per heavy atom. The number of carbonyl (C=O) groups is 1.